The van der Waals surface area contributed by atoms with Gasteiger partial charge in [-0.3, -0.25) is 4.68 Å². The van der Waals surface area contributed by atoms with Crippen LogP contribution < -0.4 is 0 Å². The number of benzene rings is 1. The van der Waals surface area contributed by atoms with Crippen LogP contribution in [0.2, 0.25) is 0 Å². The Morgan fingerprint density at radius 2 is 2.20 bits per heavy atom. The van der Waals surface area contributed by atoms with E-state index < -0.39 is 0 Å². The fraction of sp³-hybridized carbons (Fsp3) is 0.364. The third-order valence-electron chi connectivity index (χ3n) is 2.34. The zero-order valence-electron chi connectivity index (χ0n) is 8.36. The summed E-state index contributed by atoms with van der Waals surface area (Å²) in [5.74, 6) is 0. The van der Waals surface area contributed by atoms with Crippen molar-refractivity contribution < 1.29 is 5.11 Å². The lowest BCUT2D eigenvalue weighted by Gasteiger charge is -1.98. The molecule has 0 amide bonds. The Morgan fingerprint density at radius 1 is 1.33 bits per heavy atom. The first kappa shape index (κ1) is 10.6. The quantitative estimate of drug-likeness (QED) is 0.866. The van der Waals surface area contributed by atoms with Crippen LogP contribution in [-0.2, 0) is 6.54 Å². The van der Waals surface area contributed by atoms with E-state index in [2.05, 4.69) is 21.0 Å². The van der Waals surface area contributed by atoms with Crippen LogP contribution >= 0.6 is 15.9 Å². The van der Waals surface area contributed by atoms with Gasteiger partial charge in [0.2, 0.25) is 0 Å². The second-order valence-electron chi connectivity index (χ2n) is 3.50. The minimum Gasteiger partial charge on any atom is -0.396 e. The van der Waals surface area contributed by atoms with E-state index in [1.807, 2.05) is 29.1 Å². The fourth-order valence-electron chi connectivity index (χ4n) is 1.56. The molecule has 0 radical (unpaired) electrons. The normalized spacial score (nSPS) is 11.1. The topological polar surface area (TPSA) is 38.0 Å². The SMILES string of the molecule is OCCCCn1cc2c(Br)cccc2n1. The predicted octanol–water partition coefficient (Wildman–Crippen LogP) is 2.57. The van der Waals surface area contributed by atoms with E-state index in [1.165, 1.54) is 0 Å². The highest BCUT2D eigenvalue weighted by molar-refractivity contribution is 9.10. The van der Waals surface area contributed by atoms with Gasteiger partial charge in [-0.15, -0.1) is 0 Å². The summed E-state index contributed by atoms with van der Waals surface area (Å²) in [6.07, 6.45) is 3.83. The number of aliphatic hydroxyl groups is 1. The number of fused-ring (bicyclic) bond motifs is 1. The highest BCUT2D eigenvalue weighted by Crippen LogP contribution is 2.22. The second-order valence-corrected chi connectivity index (χ2v) is 4.35. The Morgan fingerprint density at radius 3 is 2.93 bits per heavy atom. The predicted molar refractivity (Wildman–Crippen MR) is 63.8 cm³/mol. The summed E-state index contributed by atoms with van der Waals surface area (Å²) in [6.45, 7) is 1.12. The summed E-state index contributed by atoms with van der Waals surface area (Å²) in [5.41, 5.74) is 1.01. The molecule has 15 heavy (non-hydrogen) atoms. The van der Waals surface area contributed by atoms with Crippen LogP contribution in [0.25, 0.3) is 10.9 Å². The summed E-state index contributed by atoms with van der Waals surface area (Å²) in [6, 6.07) is 6.00. The van der Waals surface area contributed by atoms with Crippen molar-refractivity contribution in [3.8, 4) is 0 Å². The van der Waals surface area contributed by atoms with Crippen molar-refractivity contribution in [1.82, 2.24) is 9.78 Å². The van der Waals surface area contributed by atoms with E-state index in [9.17, 15) is 0 Å². The van der Waals surface area contributed by atoms with Crippen molar-refractivity contribution in [2.75, 3.05) is 6.61 Å². The molecule has 0 fully saturated rings. The number of nitrogens with zero attached hydrogens (tertiary/aromatic N) is 2. The van der Waals surface area contributed by atoms with Gasteiger partial charge < -0.3 is 5.11 Å². The Balaban J connectivity index is 2.20. The molecular weight excluding hydrogens is 256 g/mol. The molecule has 0 unspecified atom stereocenters. The second kappa shape index (κ2) is 4.77. The molecule has 4 heteroatoms. The van der Waals surface area contributed by atoms with E-state index in [1.54, 1.807) is 0 Å². The van der Waals surface area contributed by atoms with Crippen LogP contribution in [0.1, 0.15) is 12.8 Å². The maximum atomic E-state index is 8.69. The monoisotopic (exact) mass is 268 g/mol. The lowest BCUT2D eigenvalue weighted by molar-refractivity contribution is 0.280. The van der Waals surface area contributed by atoms with Gasteiger partial charge in [0.1, 0.15) is 0 Å². The van der Waals surface area contributed by atoms with Gasteiger partial charge in [0.25, 0.3) is 0 Å². The van der Waals surface area contributed by atoms with E-state index in [4.69, 9.17) is 5.11 Å². The summed E-state index contributed by atoms with van der Waals surface area (Å²) in [7, 11) is 0. The summed E-state index contributed by atoms with van der Waals surface area (Å²) >= 11 is 3.50. The maximum Gasteiger partial charge on any atom is 0.0934 e. The molecule has 0 bridgehead atoms. The Bertz CT molecular complexity index is 453. The van der Waals surface area contributed by atoms with Crippen molar-refractivity contribution in [2.45, 2.75) is 19.4 Å². The first-order chi connectivity index (χ1) is 7.31. The van der Waals surface area contributed by atoms with Crippen molar-refractivity contribution in [3.05, 3.63) is 28.9 Å². The van der Waals surface area contributed by atoms with Gasteiger partial charge in [-0.1, -0.05) is 22.0 Å². The molecule has 1 aromatic carbocycles. The van der Waals surface area contributed by atoms with Crippen LogP contribution in [0.3, 0.4) is 0 Å². The number of unbranched alkanes of at least 4 members (excludes halogenated alkanes) is 1. The zero-order valence-corrected chi connectivity index (χ0v) is 9.94. The summed E-state index contributed by atoms with van der Waals surface area (Å²) in [5, 5.41) is 14.3. The number of aliphatic hydroxyl groups excluding tert-OH is 1. The Kier molecular flexibility index (Phi) is 3.38. The molecule has 1 heterocycles. The molecule has 0 saturated heterocycles. The lowest BCUT2D eigenvalue weighted by atomic mass is 10.3. The van der Waals surface area contributed by atoms with E-state index in [-0.39, 0.29) is 6.61 Å². The number of aryl methyl sites for hydroxylation is 1. The molecule has 1 aromatic heterocycles. The maximum absolute atomic E-state index is 8.69. The van der Waals surface area contributed by atoms with E-state index >= 15 is 0 Å². The van der Waals surface area contributed by atoms with Crippen LogP contribution in [0.15, 0.2) is 28.9 Å². The molecule has 2 rings (SSSR count). The summed E-state index contributed by atoms with van der Waals surface area (Å²) in [4.78, 5) is 0. The minimum absolute atomic E-state index is 0.254. The highest BCUT2D eigenvalue weighted by Gasteiger charge is 2.02. The molecule has 0 aliphatic heterocycles. The number of hydrogen-bond donors (Lipinski definition) is 1. The first-order valence-corrected chi connectivity index (χ1v) is 5.83. The van der Waals surface area contributed by atoms with Gasteiger partial charge in [-0.25, -0.2) is 0 Å². The van der Waals surface area contributed by atoms with Crippen LogP contribution in [0, 0.1) is 0 Å². The molecule has 1 N–H and O–H groups in total. The van der Waals surface area contributed by atoms with Crippen molar-refractivity contribution in [2.24, 2.45) is 0 Å². The smallest absolute Gasteiger partial charge is 0.0934 e. The molecule has 0 atom stereocenters. The van der Waals surface area contributed by atoms with Crippen LogP contribution in [0.4, 0.5) is 0 Å². The molecule has 3 nitrogen and oxygen atoms in total. The van der Waals surface area contributed by atoms with Crippen molar-refractivity contribution in [3.63, 3.8) is 0 Å². The standard InChI is InChI=1S/C11H13BrN2O/c12-10-4-3-5-11-9(10)8-14(13-11)6-1-2-7-15/h3-5,8,15H,1-2,6-7H2. The molecule has 0 spiro atoms. The molecule has 0 saturated carbocycles. The van der Waals surface area contributed by atoms with Gasteiger partial charge in [-0.2, -0.15) is 5.10 Å². The molecule has 0 aliphatic carbocycles. The summed E-state index contributed by atoms with van der Waals surface area (Å²) < 4.78 is 3.01. The number of halogens is 1. The van der Waals surface area contributed by atoms with Crippen molar-refractivity contribution in [1.29, 1.82) is 0 Å². The first-order valence-electron chi connectivity index (χ1n) is 5.04. The van der Waals surface area contributed by atoms with Gasteiger partial charge >= 0.3 is 0 Å². The van der Waals surface area contributed by atoms with Crippen molar-refractivity contribution >= 4 is 26.8 Å². The zero-order chi connectivity index (χ0) is 10.7. The van der Waals surface area contributed by atoms with Crippen LogP contribution in [-0.4, -0.2) is 21.5 Å². The van der Waals surface area contributed by atoms with E-state index in [0.717, 1.165) is 34.8 Å². The highest BCUT2D eigenvalue weighted by atomic mass is 79.9. The Hall–Kier alpha value is -0.870. The fourth-order valence-corrected chi connectivity index (χ4v) is 2.02. The van der Waals surface area contributed by atoms with E-state index in [0.29, 0.717) is 0 Å². The van der Waals surface area contributed by atoms with Gasteiger partial charge in [-0.05, 0) is 25.0 Å². The lowest BCUT2D eigenvalue weighted by Crippen LogP contribution is -1.98. The van der Waals surface area contributed by atoms with Crippen LogP contribution in [0.5, 0.6) is 0 Å². The average molecular weight is 269 g/mol. The number of aromatic nitrogens is 2. The minimum atomic E-state index is 0.254. The number of hydrogen-bond acceptors (Lipinski definition) is 2. The van der Waals surface area contributed by atoms with Gasteiger partial charge in [0.05, 0.1) is 5.52 Å². The average Bonchev–Trinajstić information content (AvgIpc) is 2.63. The third-order valence-corrected chi connectivity index (χ3v) is 3.03. The largest absolute Gasteiger partial charge is 0.396 e. The molecule has 2 aromatic rings. The third kappa shape index (κ3) is 2.38. The van der Waals surface area contributed by atoms with Gasteiger partial charge in [0.15, 0.2) is 0 Å². The Labute approximate surface area is 96.8 Å². The molecule has 80 valence electrons. The number of rotatable bonds is 4. The molecular formula is C11H13BrN2O. The van der Waals surface area contributed by atoms with Gasteiger partial charge in [0, 0.05) is 29.2 Å². The molecule has 0 aliphatic rings.